The highest BCUT2D eigenvalue weighted by molar-refractivity contribution is 5.79. The van der Waals surface area contributed by atoms with Gasteiger partial charge in [0.05, 0.1) is 35.6 Å². The molecule has 2 aromatic heterocycles. The number of carbonyl (C=O) groups excluding carboxylic acids is 1. The summed E-state index contributed by atoms with van der Waals surface area (Å²) in [5, 5.41) is 17.3. The third-order valence-electron chi connectivity index (χ3n) is 5.07. The third-order valence-corrected chi connectivity index (χ3v) is 5.07. The van der Waals surface area contributed by atoms with Crippen LogP contribution in [0.15, 0.2) is 47.8 Å². The number of benzene rings is 1. The zero-order valence-electron chi connectivity index (χ0n) is 14.9. The van der Waals surface area contributed by atoms with E-state index in [1.807, 2.05) is 19.3 Å². The van der Waals surface area contributed by atoms with Crippen LogP contribution in [0.2, 0.25) is 0 Å². The molecule has 0 bridgehead atoms. The van der Waals surface area contributed by atoms with Crippen molar-refractivity contribution in [2.45, 2.75) is 31.5 Å². The van der Waals surface area contributed by atoms with Gasteiger partial charge in [-0.2, -0.15) is 5.10 Å². The highest BCUT2D eigenvalue weighted by Gasteiger charge is 2.36. The molecule has 0 radical (unpaired) electrons. The second kappa shape index (κ2) is 6.96. The van der Waals surface area contributed by atoms with E-state index in [-0.39, 0.29) is 36.1 Å². The first-order valence-corrected chi connectivity index (χ1v) is 8.91. The molecule has 0 aliphatic heterocycles. The van der Waals surface area contributed by atoms with Crippen molar-refractivity contribution >= 4 is 16.8 Å². The molecule has 2 heterocycles. The SMILES string of the molecule is Cn1cc([C@@H](NC(=O)Cn2cnc3ccccc3c2=O)C2CC(O)C2)cn1. The normalized spacial score (nSPS) is 20.2. The van der Waals surface area contributed by atoms with Crippen molar-refractivity contribution < 1.29 is 9.90 Å². The van der Waals surface area contributed by atoms with Crippen LogP contribution in [0.1, 0.15) is 24.4 Å². The monoisotopic (exact) mass is 367 g/mol. The average molecular weight is 367 g/mol. The minimum atomic E-state index is -0.321. The molecule has 1 aliphatic carbocycles. The number of aromatic nitrogens is 4. The van der Waals surface area contributed by atoms with Gasteiger partial charge in [-0.05, 0) is 30.9 Å². The summed E-state index contributed by atoms with van der Waals surface area (Å²) in [5.74, 6) is -0.121. The smallest absolute Gasteiger partial charge is 0.261 e. The maximum atomic E-state index is 12.6. The van der Waals surface area contributed by atoms with Gasteiger partial charge >= 0.3 is 0 Å². The van der Waals surface area contributed by atoms with Crippen LogP contribution < -0.4 is 10.9 Å². The Labute approximate surface area is 155 Å². The van der Waals surface area contributed by atoms with E-state index in [0.717, 1.165) is 5.56 Å². The first-order valence-electron chi connectivity index (χ1n) is 8.91. The van der Waals surface area contributed by atoms with Gasteiger partial charge in [0.2, 0.25) is 5.91 Å². The average Bonchev–Trinajstić information content (AvgIpc) is 3.06. The number of para-hydroxylation sites is 1. The number of aliphatic hydroxyl groups excluding tert-OH is 1. The van der Waals surface area contributed by atoms with Crippen LogP contribution in [0, 0.1) is 5.92 Å². The maximum absolute atomic E-state index is 12.6. The van der Waals surface area contributed by atoms with Gasteiger partial charge in [0.25, 0.3) is 5.56 Å². The van der Waals surface area contributed by atoms with Gasteiger partial charge < -0.3 is 10.4 Å². The summed E-state index contributed by atoms with van der Waals surface area (Å²) < 4.78 is 2.99. The Bertz CT molecular complexity index is 1040. The van der Waals surface area contributed by atoms with Gasteiger partial charge in [-0.15, -0.1) is 0 Å². The molecule has 0 spiro atoms. The molecule has 3 aromatic rings. The molecule has 27 heavy (non-hydrogen) atoms. The Kier molecular flexibility index (Phi) is 4.49. The number of aliphatic hydroxyl groups is 1. The number of carbonyl (C=O) groups is 1. The maximum Gasteiger partial charge on any atom is 0.261 e. The Morgan fingerprint density at radius 1 is 1.37 bits per heavy atom. The molecule has 8 nitrogen and oxygen atoms in total. The molecule has 4 rings (SSSR count). The molecule has 1 aliphatic rings. The summed E-state index contributed by atoms with van der Waals surface area (Å²) in [4.78, 5) is 29.4. The largest absolute Gasteiger partial charge is 0.393 e. The predicted molar refractivity (Wildman–Crippen MR) is 98.8 cm³/mol. The number of rotatable bonds is 5. The van der Waals surface area contributed by atoms with Crippen LogP contribution in [0.25, 0.3) is 10.9 Å². The molecule has 0 unspecified atom stereocenters. The van der Waals surface area contributed by atoms with Crippen molar-refractivity contribution in [3.8, 4) is 0 Å². The molecule has 8 heteroatoms. The fraction of sp³-hybridized carbons (Fsp3) is 0.368. The highest BCUT2D eigenvalue weighted by Crippen LogP contribution is 2.37. The summed E-state index contributed by atoms with van der Waals surface area (Å²) in [6.45, 7) is -0.108. The van der Waals surface area contributed by atoms with Crippen molar-refractivity contribution in [2.24, 2.45) is 13.0 Å². The van der Waals surface area contributed by atoms with Gasteiger partial charge in [-0.3, -0.25) is 18.8 Å². The number of hydrogen-bond acceptors (Lipinski definition) is 5. The molecular weight excluding hydrogens is 346 g/mol. The number of nitrogens with one attached hydrogen (secondary N) is 1. The van der Waals surface area contributed by atoms with Gasteiger partial charge in [0.15, 0.2) is 0 Å². The third kappa shape index (κ3) is 3.48. The molecular formula is C19H21N5O3. The zero-order valence-corrected chi connectivity index (χ0v) is 14.9. The lowest BCUT2D eigenvalue weighted by molar-refractivity contribution is -0.123. The summed E-state index contributed by atoms with van der Waals surface area (Å²) >= 11 is 0. The van der Waals surface area contributed by atoms with Crippen molar-refractivity contribution in [2.75, 3.05) is 0 Å². The molecule has 140 valence electrons. The van der Waals surface area contributed by atoms with Gasteiger partial charge in [0.1, 0.15) is 6.54 Å². The minimum absolute atomic E-state index is 0.108. The van der Waals surface area contributed by atoms with E-state index in [0.29, 0.717) is 23.7 Å². The van der Waals surface area contributed by atoms with Gasteiger partial charge in [-0.25, -0.2) is 4.98 Å². The second-order valence-corrected chi connectivity index (χ2v) is 7.07. The van der Waals surface area contributed by atoms with E-state index in [9.17, 15) is 14.7 Å². The summed E-state index contributed by atoms with van der Waals surface area (Å²) in [6, 6.07) is 6.82. The summed E-state index contributed by atoms with van der Waals surface area (Å²) in [7, 11) is 1.82. The van der Waals surface area contributed by atoms with Gasteiger partial charge in [0, 0.05) is 18.8 Å². The number of amides is 1. The molecule has 1 amide bonds. The molecule has 1 fully saturated rings. The first-order chi connectivity index (χ1) is 13.0. The van der Waals surface area contributed by atoms with E-state index in [1.54, 1.807) is 29.1 Å². The fourth-order valence-electron chi connectivity index (χ4n) is 3.57. The standard InChI is InChI=1S/C19H21N5O3/c1-23-9-13(8-21-23)18(12-6-14(25)7-12)22-17(26)10-24-11-20-16-5-3-2-4-15(16)19(24)27/h2-5,8-9,11-12,14,18,25H,6-7,10H2,1H3,(H,22,26)/t12?,14?,18-/m0/s1. The lowest BCUT2D eigenvalue weighted by Crippen LogP contribution is -2.43. The number of fused-ring (bicyclic) bond motifs is 1. The molecule has 1 saturated carbocycles. The van der Waals surface area contributed by atoms with Crippen LogP contribution >= 0.6 is 0 Å². The number of nitrogens with zero attached hydrogens (tertiary/aromatic N) is 4. The first kappa shape index (κ1) is 17.4. The Morgan fingerprint density at radius 3 is 2.85 bits per heavy atom. The topological polar surface area (TPSA) is 102 Å². The Hall–Kier alpha value is -3.00. The van der Waals surface area contributed by atoms with E-state index >= 15 is 0 Å². The van der Waals surface area contributed by atoms with Crippen molar-refractivity contribution in [3.05, 3.63) is 58.9 Å². The Morgan fingerprint density at radius 2 is 2.15 bits per heavy atom. The van der Waals surface area contributed by atoms with E-state index < -0.39 is 0 Å². The lowest BCUT2D eigenvalue weighted by atomic mass is 9.75. The van der Waals surface area contributed by atoms with E-state index in [2.05, 4.69) is 15.4 Å². The van der Waals surface area contributed by atoms with Crippen molar-refractivity contribution in [3.63, 3.8) is 0 Å². The zero-order chi connectivity index (χ0) is 19.0. The van der Waals surface area contributed by atoms with Crippen LogP contribution in [0.4, 0.5) is 0 Å². The molecule has 0 saturated heterocycles. The van der Waals surface area contributed by atoms with Crippen molar-refractivity contribution in [1.82, 2.24) is 24.6 Å². The van der Waals surface area contributed by atoms with Crippen LogP contribution in [0.3, 0.4) is 0 Å². The van der Waals surface area contributed by atoms with Crippen LogP contribution in [-0.4, -0.2) is 36.4 Å². The molecule has 1 aromatic carbocycles. The van der Waals surface area contributed by atoms with Crippen LogP contribution in [0.5, 0.6) is 0 Å². The highest BCUT2D eigenvalue weighted by atomic mass is 16.3. The summed E-state index contributed by atoms with van der Waals surface area (Å²) in [5.41, 5.74) is 1.26. The second-order valence-electron chi connectivity index (χ2n) is 7.07. The minimum Gasteiger partial charge on any atom is -0.393 e. The van der Waals surface area contributed by atoms with Crippen molar-refractivity contribution in [1.29, 1.82) is 0 Å². The molecule has 2 N–H and O–H groups in total. The van der Waals surface area contributed by atoms with E-state index in [4.69, 9.17) is 0 Å². The van der Waals surface area contributed by atoms with Crippen LogP contribution in [-0.2, 0) is 18.4 Å². The quantitative estimate of drug-likeness (QED) is 0.693. The fourth-order valence-corrected chi connectivity index (χ4v) is 3.57. The molecule has 1 atom stereocenters. The van der Waals surface area contributed by atoms with Gasteiger partial charge in [-0.1, -0.05) is 12.1 Å². The van der Waals surface area contributed by atoms with E-state index in [1.165, 1.54) is 10.9 Å². The lowest BCUT2D eigenvalue weighted by Gasteiger charge is -2.37. The number of aryl methyl sites for hydroxylation is 1. The summed E-state index contributed by atoms with van der Waals surface area (Å²) in [6.07, 6.45) is 5.93. The predicted octanol–water partition coefficient (Wildman–Crippen LogP) is 0.758. The Balaban J connectivity index is 1.53. The number of hydrogen-bond donors (Lipinski definition) is 2.